The lowest BCUT2D eigenvalue weighted by Crippen LogP contribution is -2.47. The maximum atomic E-state index is 5.97. The predicted octanol–water partition coefficient (Wildman–Crippen LogP) is 2.55. The van der Waals surface area contributed by atoms with Crippen LogP contribution in [0, 0.1) is 5.92 Å². The van der Waals surface area contributed by atoms with E-state index in [2.05, 4.69) is 43.0 Å². The van der Waals surface area contributed by atoms with Crippen LogP contribution in [-0.2, 0) is 0 Å². The molecular formula is C13H20N2. The van der Waals surface area contributed by atoms with Crippen molar-refractivity contribution in [3.63, 3.8) is 0 Å². The fourth-order valence-corrected chi connectivity index (χ4v) is 2.19. The van der Waals surface area contributed by atoms with Crippen molar-refractivity contribution in [3.05, 3.63) is 29.8 Å². The van der Waals surface area contributed by atoms with Gasteiger partial charge in [-0.25, -0.2) is 0 Å². The topological polar surface area (TPSA) is 29.3 Å². The molecule has 1 saturated heterocycles. The van der Waals surface area contributed by atoms with E-state index in [9.17, 15) is 0 Å². The summed E-state index contributed by atoms with van der Waals surface area (Å²) in [5, 5.41) is 0. The molecule has 15 heavy (non-hydrogen) atoms. The van der Waals surface area contributed by atoms with Gasteiger partial charge in [0.1, 0.15) is 0 Å². The summed E-state index contributed by atoms with van der Waals surface area (Å²) in [7, 11) is 0. The molecule has 0 radical (unpaired) electrons. The molecule has 0 saturated carbocycles. The first-order valence-corrected chi connectivity index (χ1v) is 5.81. The number of nitrogens with two attached hydrogens (primary N) is 1. The first-order valence-electron chi connectivity index (χ1n) is 5.81. The molecule has 2 heteroatoms. The standard InChI is InChI=1S/C13H20N2/c1-3-11-8-15(9-11)13-7-5-4-6-12(13)10(2)14/h4-7,10-11H,3,8-9,14H2,1-2H3. The normalized spacial score (nSPS) is 18.7. The van der Waals surface area contributed by atoms with Crippen LogP contribution in [0.1, 0.15) is 31.9 Å². The molecule has 1 heterocycles. The van der Waals surface area contributed by atoms with E-state index in [0.29, 0.717) is 0 Å². The number of rotatable bonds is 3. The smallest absolute Gasteiger partial charge is 0.0414 e. The van der Waals surface area contributed by atoms with Gasteiger partial charge in [-0.1, -0.05) is 25.1 Å². The molecule has 2 nitrogen and oxygen atoms in total. The van der Waals surface area contributed by atoms with Gasteiger partial charge in [0.25, 0.3) is 0 Å². The van der Waals surface area contributed by atoms with Gasteiger partial charge in [-0.15, -0.1) is 0 Å². The third-order valence-electron chi connectivity index (χ3n) is 3.30. The molecule has 82 valence electrons. The first kappa shape index (κ1) is 10.5. The van der Waals surface area contributed by atoms with Gasteiger partial charge in [-0.3, -0.25) is 0 Å². The second-order valence-corrected chi connectivity index (χ2v) is 4.53. The first-order chi connectivity index (χ1) is 7.22. The predicted molar refractivity (Wildman–Crippen MR) is 65.0 cm³/mol. The van der Waals surface area contributed by atoms with E-state index in [0.717, 1.165) is 5.92 Å². The van der Waals surface area contributed by atoms with E-state index in [1.807, 2.05) is 0 Å². The highest BCUT2D eigenvalue weighted by molar-refractivity contribution is 5.56. The van der Waals surface area contributed by atoms with Crippen LogP contribution < -0.4 is 10.6 Å². The van der Waals surface area contributed by atoms with Gasteiger partial charge < -0.3 is 10.6 Å². The largest absolute Gasteiger partial charge is 0.371 e. The monoisotopic (exact) mass is 204 g/mol. The van der Waals surface area contributed by atoms with Crippen molar-refractivity contribution in [2.24, 2.45) is 11.7 Å². The fraction of sp³-hybridized carbons (Fsp3) is 0.538. The summed E-state index contributed by atoms with van der Waals surface area (Å²) >= 11 is 0. The summed E-state index contributed by atoms with van der Waals surface area (Å²) in [6.07, 6.45) is 1.29. The van der Waals surface area contributed by atoms with Gasteiger partial charge in [0, 0.05) is 24.8 Å². The van der Waals surface area contributed by atoms with Crippen LogP contribution >= 0.6 is 0 Å². The minimum atomic E-state index is 0.127. The fourth-order valence-electron chi connectivity index (χ4n) is 2.19. The Labute approximate surface area is 92.1 Å². The Balaban J connectivity index is 2.15. The van der Waals surface area contributed by atoms with Crippen LogP contribution in [0.4, 0.5) is 5.69 Å². The molecule has 1 atom stereocenters. The molecule has 2 rings (SSSR count). The Hall–Kier alpha value is -1.02. The lowest BCUT2D eigenvalue weighted by atomic mass is 9.94. The van der Waals surface area contributed by atoms with Crippen LogP contribution in [0.5, 0.6) is 0 Å². The van der Waals surface area contributed by atoms with Crippen molar-refractivity contribution in [2.45, 2.75) is 26.3 Å². The quantitative estimate of drug-likeness (QED) is 0.820. The van der Waals surface area contributed by atoms with E-state index in [4.69, 9.17) is 5.73 Å². The molecular weight excluding hydrogens is 184 g/mol. The minimum absolute atomic E-state index is 0.127. The SMILES string of the molecule is CCC1CN(c2ccccc2C(C)N)C1. The van der Waals surface area contributed by atoms with Gasteiger partial charge in [-0.05, 0) is 30.9 Å². The lowest BCUT2D eigenvalue weighted by molar-refractivity contribution is 0.397. The Morgan fingerprint density at radius 1 is 1.40 bits per heavy atom. The highest BCUT2D eigenvalue weighted by Crippen LogP contribution is 2.31. The minimum Gasteiger partial charge on any atom is -0.371 e. The van der Waals surface area contributed by atoms with Gasteiger partial charge in [0.05, 0.1) is 0 Å². The highest BCUT2D eigenvalue weighted by Gasteiger charge is 2.26. The average Bonchev–Trinajstić information content (AvgIpc) is 2.16. The van der Waals surface area contributed by atoms with E-state index >= 15 is 0 Å². The van der Waals surface area contributed by atoms with E-state index in [1.54, 1.807) is 0 Å². The Bertz CT molecular complexity index is 327. The number of nitrogens with zero attached hydrogens (tertiary/aromatic N) is 1. The zero-order chi connectivity index (χ0) is 10.8. The molecule has 1 fully saturated rings. The van der Waals surface area contributed by atoms with Crippen LogP contribution in [0.2, 0.25) is 0 Å². The van der Waals surface area contributed by atoms with Crippen LogP contribution in [0.25, 0.3) is 0 Å². The highest BCUT2D eigenvalue weighted by atomic mass is 15.2. The number of anilines is 1. The Morgan fingerprint density at radius 2 is 2.07 bits per heavy atom. The molecule has 0 spiro atoms. The zero-order valence-electron chi connectivity index (χ0n) is 9.61. The van der Waals surface area contributed by atoms with Gasteiger partial charge in [-0.2, -0.15) is 0 Å². The third kappa shape index (κ3) is 2.00. The molecule has 0 aromatic heterocycles. The number of benzene rings is 1. The van der Waals surface area contributed by atoms with Crippen molar-refractivity contribution >= 4 is 5.69 Å². The van der Waals surface area contributed by atoms with E-state index < -0.39 is 0 Å². The van der Waals surface area contributed by atoms with Gasteiger partial charge in [0.2, 0.25) is 0 Å². The van der Waals surface area contributed by atoms with Crippen LogP contribution in [0.3, 0.4) is 0 Å². The van der Waals surface area contributed by atoms with Crippen LogP contribution in [-0.4, -0.2) is 13.1 Å². The van der Waals surface area contributed by atoms with Crippen molar-refractivity contribution in [3.8, 4) is 0 Å². The molecule has 1 aromatic carbocycles. The number of hydrogen-bond acceptors (Lipinski definition) is 2. The summed E-state index contributed by atoms with van der Waals surface area (Å²) in [5.41, 5.74) is 8.57. The zero-order valence-corrected chi connectivity index (χ0v) is 9.61. The van der Waals surface area contributed by atoms with Crippen molar-refractivity contribution in [1.29, 1.82) is 0 Å². The molecule has 1 aliphatic heterocycles. The van der Waals surface area contributed by atoms with E-state index in [1.165, 1.54) is 30.8 Å². The molecule has 0 aliphatic carbocycles. The molecule has 1 unspecified atom stereocenters. The van der Waals surface area contributed by atoms with Crippen molar-refractivity contribution in [2.75, 3.05) is 18.0 Å². The number of hydrogen-bond donors (Lipinski definition) is 1. The maximum Gasteiger partial charge on any atom is 0.0414 e. The summed E-state index contributed by atoms with van der Waals surface area (Å²) in [6.45, 7) is 6.70. The summed E-state index contributed by atoms with van der Waals surface area (Å²) < 4.78 is 0. The summed E-state index contributed by atoms with van der Waals surface area (Å²) in [4.78, 5) is 2.44. The lowest BCUT2D eigenvalue weighted by Gasteiger charge is -2.42. The van der Waals surface area contributed by atoms with E-state index in [-0.39, 0.29) is 6.04 Å². The summed E-state index contributed by atoms with van der Waals surface area (Å²) in [5.74, 6) is 0.881. The van der Waals surface area contributed by atoms with Gasteiger partial charge in [0.15, 0.2) is 0 Å². The molecule has 2 N–H and O–H groups in total. The summed E-state index contributed by atoms with van der Waals surface area (Å²) in [6, 6.07) is 8.62. The molecule has 1 aliphatic rings. The number of para-hydroxylation sites is 1. The van der Waals surface area contributed by atoms with Gasteiger partial charge >= 0.3 is 0 Å². The Kier molecular flexibility index (Phi) is 2.96. The second-order valence-electron chi connectivity index (χ2n) is 4.53. The second kappa shape index (κ2) is 4.23. The Morgan fingerprint density at radius 3 is 2.67 bits per heavy atom. The molecule has 0 bridgehead atoms. The molecule has 0 amide bonds. The maximum absolute atomic E-state index is 5.97. The third-order valence-corrected chi connectivity index (χ3v) is 3.30. The van der Waals surface area contributed by atoms with Crippen molar-refractivity contribution < 1.29 is 0 Å². The average molecular weight is 204 g/mol. The van der Waals surface area contributed by atoms with Crippen molar-refractivity contribution in [1.82, 2.24) is 0 Å². The molecule has 1 aromatic rings. The van der Waals surface area contributed by atoms with Crippen LogP contribution in [0.15, 0.2) is 24.3 Å².